The second-order valence-corrected chi connectivity index (χ2v) is 6.15. The minimum atomic E-state index is -1.15. The Labute approximate surface area is 155 Å². The smallest absolute Gasteiger partial charge is 0.253 e. The molecule has 3 rings (SSSR count). The lowest BCUT2D eigenvalue weighted by molar-refractivity contribution is 0.0917. The Morgan fingerprint density at radius 3 is 2.74 bits per heavy atom. The fraction of sp³-hybridized carbons (Fsp3) is 0.250. The summed E-state index contributed by atoms with van der Waals surface area (Å²) >= 11 is 0. The van der Waals surface area contributed by atoms with Crippen molar-refractivity contribution >= 4 is 16.8 Å². The zero-order valence-corrected chi connectivity index (χ0v) is 14.8. The van der Waals surface area contributed by atoms with Gasteiger partial charge in [0.15, 0.2) is 11.6 Å². The molecule has 0 unspecified atom stereocenters. The summed E-state index contributed by atoms with van der Waals surface area (Å²) < 4.78 is 33.3. The topological polar surface area (TPSA) is 63.5 Å². The molecule has 0 aliphatic heterocycles. The Kier molecular flexibility index (Phi) is 5.83. The minimum absolute atomic E-state index is 0.124. The van der Waals surface area contributed by atoms with Gasteiger partial charge in [0.25, 0.3) is 5.91 Å². The van der Waals surface area contributed by atoms with E-state index >= 15 is 0 Å². The molecule has 1 amide bonds. The molecule has 0 saturated carbocycles. The molecule has 2 N–H and O–H groups in total. The van der Waals surface area contributed by atoms with E-state index in [0.717, 1.165) is 23.0 Å². The molecule has 3 aromatic rings. The molecule has 142 valence electrons. The standard InChI is InChI=1S/C20H20F2N2O3/c1-27-9-8-24-12-15(14-4-2-3-5-18(14)24)20(26)23-11-19(25)13-6-7-16(21)17(22)10-13/h2-7,10,12,19,25H,8-9,11H2,1H3,(H,23,26)/t19-/m1/s1. The fourth-order valence-corrected chi connectivity index (χ4v) is 2.92. The summed E-state index contributed by atoms with van der Waals surface area (Å²) in [6.07, 6.45) is 0.592. The van der Waals surface area contributed by atoms with Crippen LogP contribution >= 0.6 is 0 Å². The number of carbonyl (C=O) groups is 1. The molecule has 0 aliphatic rings. The predicted octanol–water partition coefficient (Wildman–Crippen LogP) is 3.03. The number of aliphatic hydroxyl groups excluding tert-OH is 1. The van der Waals surface area contributed by atoms with Crippen molar-refractivity contribution in [2.24, 2.45) is 0 Å². The van der Waals surface area contributed by atoms with E-state index in [1.54, 1.807) is 13.3 Å². The van der Waals surface area contributed by atoms with Gasteiger partial charge in [0.05, 0.1) is 18.3 Å². The molecule has 1 aromatic heterocycles. The number of para-hydroxylation sites is 1. The third-order valence-corrected chi connectivity index (χ3v) is 4.35. The van der Waals surface area contributed by atoms with E-state index in [1.165, 1.54) is 6.07 Å². The number of methoxy groups -OCH3 is 1. The quantitative estimate of drug-likeness (QED) is 0.668. The summed E-state index contributed by atoms with van der Waals surface area (Å²) in [6.45, 7) is 0.984. The highest BCUT2D eigenvalue weighted by atomic mass is 19.2. The van der Waals surface area contributed by atoms with Crippen molar-refractivity contribution in [1.29, 1.82) is 0 Å². The van der Waals surface area contributed by atoms with Crippen LogP contribution in [0.2, 0.25) is 0 Å². The summed E-state index contributed by atoms with van der Waals surface area (Å²) in [4.78, 5) is 12.6. The fourth-order valence-electron chi connectivity index (χ4n) is 2.92. The Bertz CT molecular complexity index is 956. The lowest BCUT2D eigenvalue weighted by Crippen LogP contribution is -2.28. The van der Waals surface area contributed by atoms with Crippen molar-refractivity contribution in [2.75, 3.05) is 20.3 Å². The SMILES string of the molecule is COCCn1cc(C(=O)NC[C@@H](O)c2ccc(F)c(F)c2)c2ccccc21. The monoisotopic (exact) mass is 374 g/mol. The molecule has 0 fully saturated rings. The van der Waals surface area contributed by atoms with Crippen molar-refractivity contribution in [3.8, 4) is 0 Å². The van der Waals surface area contributed by atoms with Crippen molar-refractivity contribution < 1.29 is 23.4 Å². The summed E-state index contributed by atoms with van der Waals surface area (Å²) in [5.74, 6) is -2.39. The summed E-state index contributed by atoms with van der Waals surface area (Å²) in [6, 6.07) is 10.6. The number of nitrogens with one attached hydrogen (secondary N) is 1. The molecule has 27 heavy (non-hydrogen) atoms. The Hall–Kier alpha value is -2.77. The highest BCUT2D eigenvalue weighted by Crippen LogP contribution is 2.22. The van der Waals surface area contributed by atoms with Gasteiger partial charge in [-0.05, 0) is 23.8 Å². The molecule has 0 spiro atoms. The van der Waals surface area contributed by atoms with Gasteiger partial charge in [-0.15, -0.1) is 0 Å². The molecule has 0 aliphatic carbocycles. The van der Waals surface area contributed by atoms with E-state index in [2.05, 4.69) is 5.32 Å². The maximum absolute atomic E-state index is 13.3. The summed E-state index contributed by atoms with van der Waals surface area (Å²) in [5.41, 5.74) is 1.57. The second kappa shape index (κ2) is 8.28. The maximum atomic E-state index is 13.3. The molecule has 0 saturated heterocycles. The number of amides is 1. The lowest BCUT2D eigenvalue weighted by atomic mass is 10.1. The third-order valence-electron chi connectivity index (χ3n) is 4.35. The first-order valence-electron chi connectivity index (χ1n) is 8.49. The van der Waals surface area contributed by atoms with Crippen LogP contribution in [0, 0.1) is 11.6 Å². The van der Waals surface area contributed by atoms with E-state index in [9.17, 15) is 18.7 Å². The number of hydrogen-bond donors (Lipinski definition) is 2. The Morgan fingerprint density at radius 2 is 2.00 bits per heavy atom. The van der Waals surface area contributed by atoms with Crippen molar-refractivity contribution in [3.05, 3.63) is 71.4 Å². The van der Waals surface area contributed by atoms with Crippen LogP contribution in [0.4, 0.5) is 8.78 Å². The molecule has 0 radical (unpaired) electrons. The molecule has 1 heterocycles. The number of aromatic nitrogens is 1. The molecule has 0 bridgehead atoms. The largest absolute Gasteiger partial charge is 0.387 e. The molecular weight excluding hydrogens is 354 g/mol. The number of carbonyl (C=O) groups excluding carboxylic acids is 1. The van der Waals surface area contributed by atoms with Gasteiger partial charge in [-0.1, -0.05) is 24.3 Å². The zero-order valence-electron chi connectivity index (χ0n) is 14.8. The van der Waals surface area contributed by atoms with Gasteiger partial charge < -0.3 is 19.7 Å². The average molecular weight is 374 g/mol. The van der Waals surface area contributed by atoms with E-state index in [0.29, 0.717) is 18.7 Å². The number of halogens is 2. The van der Waals surface area contributed by atoms with Crippen molar-refractivity contribution in [2.45, 2.75) is 12.6 Å². The number of aliphatic hydroxyl groups is 1. The van der Waals surface area contributed by atoms with Crippen LogP contribution in [0.25, 0.3) is 10.9 Å². The summed E-state index contributed by atoms with van der Waals surface area (Å²) in [5, 5.41) is 13.6. The predicted molar refractivity (Wildman–Crippen MR) is 97.5 cm³/mol. The number of hydrogen-bond acceptors (Lipinski definition) is 3. The van der Waals surface area contributed by atoms with Gasteiger partial charge in [-0.3, -0.25) is 4.79 Å². The highest BCUT2D eigenvalue weighted by molar-refractivity contribution is 6.07. The van der Waals surface area contributed by atoms with Gasteiger partial charge in [-0.2, -0.15) is 0 Å². The first-order chi connectivity index (χ1) is 13.0. The number of rotatable bonds is 7. The van der Waals surface area contributed by atoms with Gasteiger partial charge in [0.2, 0.25) is 0 Å². The maximum Gasteiger partial charge on any atom is 0.253 e. The Balaban J connectivity index is 1.75. The zero-order chi connectivity index (χ0) is 19.4. The first kappa shape index (κ1) is 19.0. The normalized spacial score (nSPS) is 12.3. The molecule has 7 heteroatoms. The highest BCUT2D eigenvalue weighted by Gasteiger charge is 2.17. The van der Waals surface area contributed by atoms with Crippen molar-refractivity contribution in [3.63, 3.8) is 0 Å². The molecule has 5 nitrogen and oxygen atoms in total. The molecule has 2 aromatic carbocycles. The minimum Gasteiger partial charge on any atom is -0.387 e. The Morgan fingerprint density at radius 1 is 1.22 bits per heavy atom. The number of ether oxygens (including phenoxy) is 1. The number of fused-ring (bicyclic) bond motifs is 1. The van der Waals surface area contributed by atoms with Gasteiger partial charge >= 0.3 is 0 Å². The first-order valence-corrected chi connectivity index (χ1v) is 8.49. The van der Waals surface area contributed by atoms with E-state index < -0.39 is 17.7 Å². The van der Waals surface area contributed by atoms with Crippen LogP contribution in [0.5, 0.6) is 0 Å². The molecule has 1 atom stereocenters. The van der Waals surface area contributed by atoms with Crippen LogP contribution < -0.4 is 5.32 Å². The second-order valence-electron chi connectivity index (χ2n) is 6.15. The van der Waals surface area contributed by atoms with Gasteiger partial charge in [-0.25, -0.2) is 8.78 Å². The van der Waals surface area contributed by atoms with Crippen LogP contribution in [-0.2, 0) is 11.3 Å². The van der Waals surface area contributed by atoms with Crippen molar-refractivity contribution in [1.82, 2.24) is 9.88 Å². The van der Waals surface area contributed by atoms with E-state index in [1.807, 2.05) is 28.8 Å². The third kappa shape index (κ3) is 4.15. The van der Waals surface area contributed by atoms with Gasteiger partial charge in [0.1, 0.15) is 0 Å². The van der Waals surface area contributed by atoms with Crippen LogP contribution in [0.15, 0.2) is 48.7 Å². The van der Waals surface area contributed by atoms with Gasteiger partial charge in [0, 0.05) is 37.3 Å². The van der Waals surface area contributed by atoms with E-state index in [-0.39, 0.29) is 18.0 Å². The van der Waals surface area contributed by atoms with Crippen LogP contribution in [0.1, 0.15) is 22.0 Å². The lowest BCUT2D eigenvalue weighted by Gasteiger charge is -2.12. The van der Waals surface area contributed by atoms with E-state index in [4.69, 9.17) is 4.74 Å². The summed E-state index contributed by atoms with van der Waals surface area (Å²) in [7, 11) is 1.61. The number of nitrogens with zero attached hydrogens (tertiary/aromatic N) is 1. The average Bonchev–Trinajstić information content (AvgIpc) is 3.05. The molecular formula is C20H20F2N2O3. The number of benzene rings is 2. The van der Waals surface area contributed by atoms with Crippen LogP contribution in [0.3, 0.4) is 0 Å². The van der Waals surface area contributed by atoms with Crippen LogP contribution in [-0.4, -0.2) is 35.8 Å².